The molecule has 0 radical (unpaired) electrons. The van der Waals surface area contributed by atoms with Crippen LogP contribution >= 0.6 is 0 Å². The summed E-state index contributed by atoms with van der Waals surface area (Å²) in [5.41, 5.74) is 1.21. The van der Waals surface area contributed by atoms with E-state index in [0.717, 1.165) is 13.1 Å². The molecule has 0 atom stereocenters. The Morgan fingerprint density at radius 3 is 2.80 bits per heavy atom. The number of hydrogen-bond donors (Lipinski definition) is 1. The van der Waals surface area contributed by atoms with Crippen molar-refractivity contribution in [2.45, 2.75) is 39.9 Å². The third-order valence-electron chi connectivity index (χ3n) is 2.62. The average molecular weight is 211 g/mol. The Kier molecular flexibility index (Phi) is 4.78. The molecule has 1 aromatic rings. The lowest BCUT2D eigenvalue weighted by Crippen LogP contribution is -2.33. The van der Waals surface area contributed by atoms with Gasteiger partial charge in [0.1, 0.15) is 0 Å². The maximum atomic E-state index is 8.98. The quantitative estimate of drug-likeness (QED) is 0.766. The molecule has 0 fully saturated rings. The SMILES string of the molecule is CCn1cncc1CN(CCO)C(C)C. The van der Waals surface area contributed by atoms with E-state index in [1.54, 1.807) is 0 Å². The highest BCUT2D eigenvalue weighted by molar-refractivity contribution is 4.98. The normalized spacial score (nSPS) is 11.6. The highest BCUT2D eigenvalue weighted by Crippen LogP contribution is 2.07. The van der Waals surface area contributed by atoms with Crippen molar-refractivity contribution in [2.24, 2.45) is 0 Å². The van der Waals surface area contributed by atoms with Crippen molar-refractivity contribution in [1.29, 1.82) is 0 Å². The molecule has 15 heavy (non-hydrogen) atoms. The topological polar surface area (TPSA) is 41.3 Å². The van der Waals surface area contributed by atoms with Crippen LogP contribution in [0.2, 0.25) is 0 Å². The zero-order valence-corrected chi connectivity index (χ0v) is 9.85. The molecule has 86 valence electrons. The Morgan fingerprint density at radius 2 is 2.27 bits per heavy atom. The first-order valence-corrected chi connectivity index (χ1v) is 5.53. The number of rotatable bonds is 6. The summed E-state index contributed by atoms with van der Waals surface area (Å²) in [6.07, 6.45) is 3.75. The molecule has 1 aromatic heterocycles. The first kappa shape index (κ1) is 12.2. The molecule has 1 heterocycles. The van der Waals surface area contributed by atoms with Gasteiger partial charge in [0, 0.05) is 31.9 Å². The third kappa shape index (κ3) is 3.32. The van der Waals surface area contributed by atoms with Gasteiger partial charge in [-0.15, -0.1) is 0 Å². The van der Waals surface area contributed by atoms with Gasteiger partial charge >= 0.3 is 0 Å². The summed E-state index contributed by atoms with van der Waals surface area (Å²) in [6.45, 7) is 9.11. The van der Waals surface area contributed by atoms with E-state index >= 15 is 0 Å². The van der Waals surface area contributed by atoms with Crippen LogP contribution in [0.15, 0.2) is 12.5 Å². The second-order valence-corrected chi connectivity index (χ2v) is 3.96. The fourth-order valence-corrected chi connectivity index (χ4v) is 1.62. The van der Waals surface area contributed by atoms with Gasteiger partial charge < -0.3 is 9.67 Å². The number of hydrogen-bond acceptors (Lipinski definition) is 3. The number of aliphatic hydroxyl groups excluding tert-OH is 1. The van der Waals surface area contributed by atoms with E-state index in [2.05, 4.69) is 35.2 Å². The van der Waals surface area contributed by atoms with E-state index < -0.39 is 0 Å². The smallest absolute Gasteiger partial charge is 0.0948 e. The Bertz CT molecular complexity index is 283. The van der Waals surface area contributed by atoms with E-state index in [0.29, 0.717) is 12.6 Å². The molecule has 0 aliphatic carbocycles. The molecular formula is C11H21N3O. The number of imidazole rings is 1. The molecule has 0 aliphatic rings. The molecule has 0 amide bonds. The van der Waals surface area contributed by atoms with Crippen molar-refractivity contribution < 1.29 is 5.11 Å². The monoisotopic (exact) mass is 211 g/mol. The van der Waals surface area contributed by atoms with Gasteiger partial charge in [0.25, 0.3) is 0 Å². The number of nitrogens with zero attached hydrogens (tertiary/aromatic N) is 3. The Labute approximate surface area is 91.5 Å². The van der Waals surface area contributed by atoms with Gasteiger partial charge in [0.05, 0.1) is 18.6 Å². The maximum absolute atomic E-state index is 8.98. The molecule has 1 N–H and O–H groups in total. The van der Waals surface area contributed by atoms with E-state index in [-0.39, 0.29) is 6.61 Å². The lowest BCUT2D eigenvalue weighted by atomic mass is 10.3. The predicted molar refractivity (Wildman–Crippen MR) is 60.5 cm³/mol. The summed E-state index contributed by atoms with van der Waals surface area (Å²) in [4.78, 5) is 6.38. The van der Waals surface area contributed by atoms with Crippen molar-refractivity contribution in [3.63, 3.8) is 0 Å². The van der Waals surface area contributed by atoms with E-state index in [1.165, 1.54) is 5.69 Å². The van der Waals surface area contributed by atoms with Gasteiger partial charge in [0.15, 0.2) is 0 Å². The van der Waals surface area contributed by atoms with Crippen LogP contribution in [0.3, 0.4) is 0 Å². The van der Waals surface area contributed by atoms with Gasteiger partial charge in [-0.2, -0.15) is 0 Å². The maximum Gasteiger partial charge on any atom is 0.0948 e. The summed E-state index contributed by atoms with van der Waals surface area (Å²) in [6, 6.07) is 0.442. The van der Waals surface area contributed by atoms with Crippen molar-refractivity contribution >= 4 is 0 Å². The number of aryl methyl sites for hydroxylation is 1. The summed E-state index contributed by atoms with van der Waals surface area (Å²) in [5, 5.41) is 8.98. The zero-order chi connectivity index (χ0) is 11.3. The molecule has 4 heteroatoms. The van der Waals surface area contributed by atoms with Gasteiger partial charge in [-0.1, -0.05) is 0 Å². The van der Waals surface area contributed by atoms with Crippen molar-refractivity contribution in [1.82, 2.24) is 14.5 Å². The minimum absolute atomic E-state index is 0.207. The Morgan fingerprint density at radius 1 is 1.53 bits per heavy atom. The van der Waals surface area contributed by atoms with Crippen LogP contribution in [0.5, 0.6) is 0 Å². The second kappa shape index (κ2) is 5.88. The summed E-state index contributed by atoms with van der Waals surface area (Å²) in [7, 11) is 0. The van der Waals surface area contributed by atoms with Crippen LogP contribution < -0.4 is 0 Å². The highest BCUT2D eigenvalue weighted by Gasteiger charge is 2.11. The lowest BCUT2D eigenvalue weighted by Gasteiger charge is -2.25. The van der Waals surface area contributed by atoms with Crippen LogP contribution in [-0.2, 0) is 13.1 Å². The summed E-state index contributed by atoms with van der Waals surface area (Å²) in [5.74, 6) is 0. The molecule has 0 bridgehead atoms. The average Bonchev–Trinajstić information content (AvgIpc) is 2.64. The first-order chi connectivity index (χ1) is 7.19. The Balaban J connectivity index is 2.65. The van der Waals surface area contributed by atoms with Gasteiger partial charge in [-0.3, -0.25) is 4.90 Å². The Hall–Kier alpha value is -0.870. The number of aliphatic hydroxyl groups is 1. The fraction of sp³-hybridized carbons (Fsp3) is 0.727. The minimum Gasteiger partial charge on any atom is -0.395 e. The highest BCUT2D eigenvalue weighted by atomic mass is 16.3. The van der Waals surface area contributed by atoms with Gasteiger partial charge in [-0.05, 0) is 20.8 Å². The van der Waals surface area contributed by atoms with E-state index in [4.69, 9.17) is 5.11 Å². The third-order valence-corrected chi connectivity index (χ3v) is 2.62. The van der Waals surface area contributed by atoms with Crippen LogP contribution in [0.25, 0.3) is 0 Å². The molecule has 0 saturated heterocycles. The van der Waals surface area contributed by atoms with Crippen LogP contribution in [-0.4, -0.2) is 38.8 Å². The molecule has 4 nitrogen and oxygen atoms in total. The van der Waals surface area contributed by atoms with E-state index in [9.17, 15) is 0 Å². The summed E-state index contributed by atoms with van der Waals surface area (Å²) < 4.78 is 2.13. The van der Waals surface area contributed by atoms with Crippen molar-refractivity contribution in [2.75, 3.05) is 13.2 Å². The fourth-order valence-electron chi connectivity index (χ4n) is 1.62. The largest absolute Gasteiger partial charge is 0.395 e. The lowest BCUT2D eigenvalue weighted by molar-refractivity contribution is 0.156. The molecule has 1 rings (SSSR count). The molecular weight excluding hydrogens is 190 g/mol. The molecule has 0 spiro atoms. The zero-order valence-electron chi connectivity index (χ0n) is 9.85. The molecule has 0 unspecified atom stereocenters. The van der Waals surface area contributed by atoms with Gasteiger partial charge in [-0.25, -0.2) is 4.98 Å². The second-order valence-electron chi connectivity index (χ2n) is 3.96. The van der Waals surface area contributed by atoms with E-state index in [1.807, 2.05) is 12.5 Å². The van der Waals surface area contributed by atoms with Crippen LogP contribution in [0, 0.1) is 0 Å². The van der Waals surface area contributed by atoms with Crippen LogP contribution in [0.4, 0.5) is 0 Å². The molecule has 0 aromatic carbocycles. The minimum atomic E-state index is 0.207. The van der Waals surface area contributed by atoms with Gasteiger partial charge in [0.2, 0.25) is 0 Å². The number of aromatic nitrogens is 2. The predicted octanol–water partition coefficient (Wildman–Crippen LogP) is 1.11. The van der Waals surface area contributed by atoms with Crippen molar-refractivity contribution in [3.05, 3.63) is 18.2 Å². The standard InChI is InChI=1S/C11H21N3O/c1-4-13-9-12-7-11(13)8-14(5-6-15)10(2)3/h7,9-10,15H,4-6,8H2,1-3H3. The van der Waals surface area contributed by atoms with Crippen molar-refractivity contribution in [3.8, 4) is 0 Å². The molecule has 0 saturated carbocycles. The first-order valence-electron chi connectivity index (χ1n) is 5.53. The summed E-state index contributed by atoms with van der Waals surface area (Å²) >= 11 is 0. The molecule has 0 aliphatic heterocycles. The van der Waals surface area contributed by atoms with Crippen LogP contribution in [0.1, 0.15) is 26.5 Å².